The van der Waals surface area contributed by atoms with Crippen LogP contribution in [0.25, 0.3) is 10.2 Å². The number of para-hydroxylation sites is 1. The molecule has 0 aliphatic carbocycles. The quantitative estimate of drug-likeness (QED) is 0.899. The molecule has 0 radical (unpaired) electrons. The maximum absolute atomic E-state index is 10.8. The summed E-state index contributed by atoms with van der Waals surface area (Å²) in [5.74, 6) is -0.265. The van der Waals surface area contributed by atoms with Gasteiger partial charge < -0.3 is 5.73 Å². The lowest BCUT2D eigenvalue weighted by Crippen LogP contribution is -2.27. The fraction of sp³-hybridized carbons (Fsp3) is 0.385. The van der Waals surface area contributed by atoms with Crippen LogP contribution in [0.1, 0.15) is 24.4 Å². The van der Waals surface area contributed by atoms with Gasteiger partial charge in [0.05, 0.1) is 16.3 Å². The number of thiazole rings is 1. The number of carbonyl (C=O) groups is 1. The van der Waals surface area contributed by atoms with E-state index in [1.165, 1.54) is 4.70 Å². The van der Waals surface area contributed by atoms with Crippen molar-refractivity contribution < 1.29 is 4.79 Å². The molecule has 0 aliphatic heterocycles. The molecule has 2 aromatic rings. The van der Waals surface area contributed by atoms with Gasteiger partial charge in [-0.25, -0.2) is 4.98 Å². The lowest BCUT2D eigenvalue weighted by atomic mass is 10.3. The van der Waals surface area contributed by atoms with Gasteiger partial charge in [-0.05, 0) is 26.1 Å². The van der Waals surface area contributed by atoms with E-state index in [1.807, 2.05) is 25.2 Å². The summed E-state index contributed by atoms with van der Waals surface area (Å²) >= 11 is 1.70. The van der Waals surface area contributed by atoms with Gasteiger partial charge >= 0.3 is 0 Å². The predicted octanol–water partition coefficient (Wildman–Crippen LogP) is 2.16. The molecule has 0 bridgehead atoms. The first kappa shape index (κ1) is 13.0. The molecular formula is C13H17N3OS. The van der Waals surface area contributed by atoms with Crippen molar-refractivity contribution in [3.8, 4) is 0 Å². The minimum atomic E-state index is -0.265. The van der Waals surface area contributed by atoms with Crippen LogP contribution in [0.5, 0.6) is 0 Å². The highest BCUT2D eigenvalue weighted by atomic mass is 32.1. The monoisotopic (exact) mass is 263 g/mol. The molecule has 1 amide bonds. The molecule has 4 nitrogen and oxygen atoms in total. The third kappa shape index (κ3) is 2.86. The molecule has 2 N–H and O–H groups in total. The maximum atomic E-state index is 10.8. The summed E-state index contributed by atoms with van der Waals surface area (Å²) in [6.45, 7) is 2.76. The number of rotatable bonds is 5. The molecule has 96 valence electrons. The van der Waals surface area contributed by atoms with Crippen molar-refractivity contribution in [2.45, 2.75) is 19.4 Å². The van der Waals surface area contributed by atoms with Crippen LogP contribution >= 0.6 is 11.3 Å². The van der Waals surface area contributed by atoms with Gasteiger partial charge in [-0.3, -0.25) is 9.69 Å². The number of nitrogens with two attached hydrogens (primary N) is 1. The van der Waals surface area contributed by atoms with Crippen molar-refractivity contribution in [3.05, 3.63) is 29.3 Å². The number of aromatic nitrogens is 1. The van der Waals surface area contributed by atoms with Crippen molar-refractivity contribution in [1.82, 2.24) is 9.88 Å². The Bertz CT molecular complexity index is 519. The van der Waals surface area contributed by atoms with Crippen molar-refractivity contribution in [3.63, 3.8) is 0 Å². The molecule has 1 aromatic carbocycles. The van der Waals surface area contributed by atoms with Gasteiger partial charge in [0.2, 0.25) is 5.91 Å². The van der Waals surface area contributed by atoms with Crippen LogP contribution in [-0.4, -0.2) is 29.4 Å². The Morgan fingerprint density at radius 3 is 2.89 bits per heavy atom. The molecule has 1 aromatic heterocycles. The molecular weight excluding hydrogens is 246 g/mol. The molecule has 0 saturated heterocycles. The number of benzene rings is 1. The minimum absolute atomic E-state index is 0.196. The fourth-order valence-electron chi connectivity index (χ4n) is 1.74. The molecule has 0 aliphatic rings. The second-order valence-corrected chi connectivity index (χ2v) is 5.45. The van der Waals surface area contributed by atoms with Crippen LogP contribution in [0.2, 0.25) is 0 Å². The zero-order chi connectivity index (χ0) is 13.1. The van der Waals surface area contributed by atoms with E-state index < -0.39 is 0 Å². The Labute approximate surface area is 110 Å². The van der Waals surface area contributed by atoms with Gasteiger partial charge in [0, 0.05) is 13.0 Å². The van der Waals surface area contributed by atoms with Gasteiger partial charge in [0.1, 0.15) is 5.01 Å². The Morgan fingerprint density at radius 1 is 1.50 bits per heavy atom. The summed E-state index contributed by atoms with van der Waals surface area (Å²) in [6.07, 6.45) is 0.381. The third-order valence-corrected chi connectivity index (χ3v) is 4.25. The largest absolute Gasteiger partial charge is 0.370 e. The number of hydrogen-bond donors (Lipinski definition) is 1. The average molecular weight is 263 g/mol. The van der Waals surface area contributed by atoms with Crippen LogP contribution in [-0.2, 0) is 4.79 Å². The predicted molar refractivity (Wildman–Crippen MR) is 74.5 cm³/mol. The number of primary amides is 1. The number of amides is 1. The minimum Gasteiger partial charge on any atom is -0.370 e. The van der Waals surface area contributed by atoms with Crippen LogP contribution in [0, 0.1) is 0 Å². The summed E-state index contributed by atoms with van der Waals surface area (Å²) < 4.78 is 1.20. The van der Waals surface area contributed by atoms with Crippen molar-refractivity contribution in [2.75, 3.05) is 13.6 Å². The summed E-state index contributed by atoms with van der Waals surface area (Å²) in [6, 6.07) is 8.30. The summed E-state index contributed by atoms with van der Waals surface area (Å²) in [7, 11) is 1.99. The smallest absolute Gasteiger partial charge is 0.218 e. The van der Waals surface area contributed by atoms with Gasteiger partial charge in [-0.15, -0.1) is 11.3 Å². The Kier molecular flexibility index (Phi) is 3.93. The van der Waals surface area contributed by atoms with E-state index in [-0.39, 0.29) is 11.9 Å². The van der Waals surface area contributed by atoms with Gasteiger partial charge in [0.15, 0.2) is 0 Å². The fourth-order valence-corrected chi connectivity index (χ4v) is 2.82. The van der Waals surface area contributed by atoms with Gasteiger partial charge in [0.25, 0.3) is 0 Å². The molecule has 2 rings (SSSR count). The molecule has 0 saturated carbocycles. The lowest BCUT2D eigenvalue weighted by molar-refractivity contribution is -0.118. The second-order valence-electron chi connectivity index (χ2n) is 4.39. The third-order valence-electron chi connectivity index (χ3n) is 3.04. The lowest BCUT2D eigenvalue weighted by Gasteiger charge is -2.21. The zero-order valence-corrected chi connectivity index (χ0v) is 11.4. The Balaban J connectivity index is 2.12. The van der Waals surface area contributed by atoms with Crippen molar-refractivity contribution >= 4 is 27.5 Å². The number of carbonyl (C=O) groups excluding carboxylic acids is 1. The van der Waals surface area contributed by atoms with E-state index in [2.05, 4.69) is 22.9 Å². The highest BCUT2D eigenvalue weighted by Gasteiger charge is 2.16. The van der Waals surface area contributed by atoms with Crippen LogP contribution < -0.4 is 5.73 Å². The Morgan fingerprint density at radius 2 is 2.22 bits per heavy atom. The van der Waals surface area contributed by atoms with Crippen LogP contribution in [0.3, 0.4) is 0 Å². The molecule has 1 atom stereocenters. The molecule has 18 heavy (non-hydrogen) atoms. The molecule has 0 unspecified atom stereocenters. The number of hydrogen-bond acceptors (Lipinski definition) is 4. The second kappa shape index (κ2) is 5.46. The zero-order valence-electron chi connectivity index (χ0n) is 10.6. The van der Waals surface area contributed by atoms with E-state index in [1.54, 1.807) is 11.3 Å². The van der Waals surface area contributed by atoms with Gasteiger partial charge in [-0.2, -0.15) is 0 Å². The SMILES string of the molecule is C[C@@H](c1nc2ccccc2s1)N(C)CCC(N)=O. The van der Waals surface area contributed by atoms with Crippen LogP contribution in [0.4, 0.5) is 0 Å². The normalized spacial score (nSPS) is 13.1. The van der Waals surface area contributed by atoms with E-state index in [4.69, 9.17) is 5.73 Å². The molecule has 0 fully saturated rings. The maximum Gasteiger partial charge on any atom is 0.218 e. The number of nitrogens with zero attached hydrogens (tertiary/aromatic N) is 2. The van der Waals surface area contributed by atoms with Crippen molar-refractivity contribution in [1.29, 1.82) is 0 Å². The molecule has 0 spiro atoms. The highest BCUT2D eigenvalue weighted by molar-refractivity contribution is 7.18. The van der Waals surface area contributed by atoms with E-state index in [0.29, 0.717) is 13.0 Å². The van der Waals surface area contributed by atoms with Crippen molar-refractivity contribution in [2.24, 2.45) is 5.73 Å². The molecule has 1 heterocycles. The standard InChI is InChI=1S/C13H17N3OS/c1-9(16(2)8-7-12(14)17)13-15-10-5-3-4-6-11(10)18-13/h3-6,9H,7-8H2,1-2H3,(H2,14,17)/t9-/m0/s1. The average Bonchev–Trinajstić information content (AvgIpc) is 2.78. The summed E-state index contributed by atoms with van der Waals surface area (Å²) in [5.41, 5.74) is 6.20. The first-order chi connectivity index (χ1) is 8.58. The Hall–Kier alpha value is -1.46. The van der Waals surface area contributed by atoms with Crippen LogP contribution in [0.15, 0.2) is 24.3 Å². The summed E-state index contributed by atoms with van der Waals surface area (Å²) in [5, 5.41) is 1.07. The van der Waals surface area contributed by atoms with E-state index >= 15 is 0 Å². The van der Waals surface area contributed by atoms with E-state index in [9.17, 15) is 4.79 Å². The van der Waals surface area contributed by atoms with Gasteiger partial charge in [-0.1, -0.05) is 12.1 Å². The van der Waals surface area contributed by atoms with E-state index in [0.717, 1.165) is 10.5 Å². The topological polar surface area (TPSA) is 59.2 Å². The highest BCUT2D eigenvalue weighted by Crippen LogP contribution is 2.28. The summed E-state index contributed by atoms with van der Waals surface area (Å²) in [4.78, 5) is 17.5. The number of fused-ring (bicyclic) bond motifs is 1. The first-order valence-electron chi connectivity index (χ1n) is 5.92. The molecule has 5 heteroatoms. The first-order valence-corrected chi connectivity index (χ1v) is 6.73.